The molecule has 0 unspecified atom stereocenters. The Morgan fingerprint density at radius 3 is 2.63 bits per heavy atom. The number of pyridine rings is 1. The molecule has 0 saturated heterocycles. The molecule has 2 aromatic rings. The molecule has 2 amide bonds. The van der Waals surface area contributed by atoms with Gasteiger partial charge in [-0.1, -0.05) is 0 Å². The van der Waals surface area contributed by atoms with E-state index in [1.165, 1.54) is 9.80 Å². The zero-order valence-electron chi connectivity index (χ0n) is 14.5. The standard InChI is InChI=1S/C18H16N4O5/c1-21-11-6-10(2-3-13(11)26-8-16(21)24)12(23)7-22-17(25)9-27-14-4-5-15(19)20-18(14)22/h2-6H,7-9H2,1H3,(H2,19,20). The number of fused-ring (bicyclic) bond motifs is 2. The lowest BCUT2D eigenvalue weighted by Gasteiger charge is -2.28. The number of anilines is 3. The fourth-order valence-corrected chi connectivity index (χ4v) is 2.94. The molecule has 2 N–H and O–H groups in total. The van der Waals surface area contributed by atoms with Crippen molar-refractivity contribution in [2.24, 2.45) is 0 Å². The summed E-state index contributed by atoms with van der Waals surface area (Å²) in [5.41, 5.74) is 6.55. The highest BCUT2D eigenvalue weighted by Gasteiger charge is 2.30. The number of carbonyl (C=O) groups excluding carboxylic acids is 3. The highest BCUT2D eigenvalue weighted by molar-refractivity contribution is 6.08. The molecule has 4 rings (SSSR count). The Morgan fingerprint density at radius 1 is 1.11 bits per heavy atom. The molecule has 2 aliphatic heterocycles. The van der Waals surface area contributed by atoms with E-state index in [1.54, 1.807) is 37.4 Å². The number of hydrogen-bond acceptors (Lipinski definition) is 7. The van der Waals surface area contributed by atoms with E-state index in [2.05, 4.69) is 4.98 Å². The topological polar surface area (TPSA) is 115 Å². The molecule has 0 saturated carbocycles. The van der Waals surface area contributed by atoms with E-state index in [1.807, 2.05) is 0 Å². The van der Waals surface area contributed by atoms with E-state index < -0.39 is 0 Å². The third-order valence-corrected chi connectivity index (χ3v) is 4.44. The highest BCUT2D eigenvalue weighted by atomic mass is 16.5. The summed E-state index contributed by atoms with van der Waals surface area (Å²) < 4.78 is 10.7. The minimum atomic E-state index is -0.387. The Morgan fingerprint density at radius 2 is 1.81 bits per heavy atom. The van der Waals surface area contributed by atoms with E-state index in [9.17, 15) is 14.4 Å². The number of ether oxygens (including phenoxy) is 2. The third kappa shape index (κ3) is 2.92. The first-order chi connectivity index (χ1) is 12.9. The summed E-state index contributed by atoms with van der Waals surface area (Å²) in [6.45, 7) is -0.437. The smallest absolute Gasteiger partial charge is 0.266 e. The molecule has 0 radical (unpaired) electrons. The number of benzene rings is 1. The molecule has 3 heterocycles. The van der Waals surface area contributed by atoms with Gasteiger partial charge in [0.05, 0.1) is 12.2 Å². The maximum absolute atomic E-state index is 12.8. The molecule has 1 aromatic carbocycles. The first kappa shape index (κ1) is 16.8. The number of amides is 2. The van der Waals surface area contributed by atoms with Crippen LogP contribution in [0.3, 0.4) is 0 Å². The first-order valence-electron chi connectivity index (χ1n) is 8.20. The quantitative estimate of drug-likeness (QED) is 0.790. The molecule has 27 heavy (non-hydrogen) atoms. The van der Waals surface area contributed by atoms with Crippen molar-refractivity contribution < 1.29 is 23.9 Å². The Balaban J connectivity index is 1.63. The molecule has 0 spiro atoms. The van der Waals surface area contributed by atoms with Crippen LogP contribution in [0, 0.1) is 0 Å². The number of nitrogens with two attached hydrogens (primary N) is 1. The van der Waals surface area contributed by atoms with Gasteiger partial charge in [-0.3, -0.25) is 19.3 Å². The van der Waals surface area contributed by atoms with Gasteiger partial charge in [0.15, 0.2) is 30.6 Å². The van der Waals surface area contributed by atoms with Crippen LogP contribution in [0.5, 0.6) is 11.5 Å². The zero-order valence-corrected chi connectivity index (χ0v) is 14.5. The van der Waals surface area contributed by atoms with Crippen molar-refractivity contribution in [1.29, 1.82) is 0 Å². The van der Waals surface area contributed by atoms with Crippen molar-refractivity contribution in [1.82, 2.24) is 4.98 Å². The van der Waals surface area contributed by atoms with E-state index >= 15 is 0 Å². The third-order valence-electron chi connectivity index (χ3n) is 4.44. The fourth-order valence-electron chi connectivity index (χ4n) is 2.94. The summed E-state index contributed by atoms with van der Waals surface area (Å²) in [6.07, 6.45) is 0. The van der Waals surface area contributed by atoms with Crippen LogP contribution in [-0.2, 0) is 9.59 Å². The van der Waals surface area contributed by atoms with E-state index in [0.29, 0.717) is 22.7 Å². The van der Waals surface area contributed by atoms with Crippen LogP contribution >= 0.6 is 0 Å². The molecule has 9 heteroatoms. The number of rotatable bonds is 3. The zero-order chi connectivity index (χ0) is 19.1. The molecule has 0 bridgehead atoms. The largest absolute Gasteiger partial charge is 0.482 e. The Bertz CT molecular complexity index is 974. The summed E-state index contributed by atoms with van der Waals surface area (Å²) in [4.78, 5) is 43.7. The van der Waals surface area contributed by atoms with Gasteiger partial charge in [0.25, 0.3) is 11.8 Å². The van der Waals surface area contributed by atoms with Gasteiger partial charge in [-0.05, 0) is 30.3 Å². The second-order valence-corrected chi connectivity index (χ2v) is 6.17. The molecular weight excluding hydrogens is 352 g/mol. The number of aromatic nitrogens is 1. The lowest BCUT2D eigenvalue weighted by atomic mass is 10.1. The normalized spacial score (nSPS) is 15.6. The van der Waals surface area contributed by atoms with Gasteiger partial charge < -0.3 is 20.1 Å². The fraction of sp³-hybridized carbons (Fsp3) is 0.222. The summed E-state index contributed by atoms with van der Waals surface area (Å²) in [7, 11) is 1.62. The van der Waals surface area contributed by atoms with Gasteiger partial charge in [0.2, 0.25) is 0 Å². The molecule has 2 aliphatic rings. The summed E-state index contributed by atoms with van der Waals surface area (Å²) in [5.74, 6) is 0.446. The lowest BCUT2D eigenvalue weighted by molar-refractivity contribution is -0.121. The van der Waals surface area contributed by atoms with Crippen molar-refractivity contribution in [3.05, 3.63) is 35.9 Å². The second kappa shape index (κ2) is 6.27. The number of likely N-dealkylation sites (N-methyl/N-ethyl adjacent to an activating group) is 1. The molecule has 1 aromatic heterocycles. The second-order valence-electron chi connectivity index (χ2n) is 6.17. The molecule has 0 aliphatic carbocycles. The molecule has 138 valence electrons. The van der Waals surface area contributed by atoms with Gasteiger partial charge in [-0.25, -0.2) is 4.98 Å². The van der Waals surface area contributed by atoms with Gasteiger partial charge in [-0.2, -0.15) is 0 Å². The number of ketones is 1. The highest BCUT2D eigenvalue weighted by Crippen LogP contribution is 2.33. The maximum Gasteiger partial charge on any atom is 0.266 e. The van der Waals surface area contributed by atoms with E-state index in [-0.39, 0.29) is 49.0 Å². The Labute approximate surface area is 154 Å². The van der Waals surface area contributed by atoms with Crippen molar-refractivity contribution >= 4 is 34.9 Å². The van der Waals surface area contributed by atoms with Crippen LogP contribution in [-0.4, -0.2) is 49.4 Å². The monoisotopic (exact) mass is 368 g/mol. The van der Waals surface area contributed by atoms with Crippen molar-refractivity contribution in [3.63, 3.8) is 0 Å². The predicted octanol–water partition coefficient (Wildman–Crippen LogP) is 0.627. The van der Waals surface area contributed by atoms with Crippen molar-refractivity contribution in [2.45, 2.75) is 0 Å². The van der Waals surface area contributed by atoms with Crippen LogP contribution < -0.4 is 25.0 Å². The van der Waals surface area contributed by atoms with Crippen LogP contribution in [0.1, 0.15) is 10.4 Å². The maximum atomic E-state index is 12.8. The van der Waals surface area contributed by atoms with Gasteiger partial charge in [0.1, 0.15) is 11.6 Å². The number of nitrogen functional groups attached to an aromatic ring is 1. The first-order valence-corrected chi connectivity index (χ1v) is 8.20. The molecule has 9 nitrogen and oxygen atoms in total. The summed E-state index contributed by atoms with van der Waals surface area (Å²) in [6, 6.07) is 7.98. The van der Waals surface area contributed by atoms with Gasteiger partial charge >= 0.3 is 0 Å². The Hall–Kier alpha value is -3.62. The number of nitrogens with zero attached hydrogens (tertiary/aromatic N) is 3. The van der Waals surface area contributed by atoms with E-state index in [4.69, 9.17) is 15.2 Å². The number of hydrogen-bond donors (Lipinski definition) is 1. The summed E-state index contributed by atoms with van der Waals surface area (Å²) >= 11 is 0. The van der Waals surface area contributed by atoms with Gasteiger partial charge in [-0.15, -0.1) is 0 Å². The number of Topliss-reactive ketones (excluding diaryl/α,β-unsaturated/α-hetero) is 1. The van der Waals surface area contributed by atoms with Crippen LogP contribution in [0.2, 0.25) is 0 Å². The summed E-state index contributed by atoms with van der Waals surface area (Å²) in [5, 5.41) is 0. The SMILES string of the molecule is CN1C(=O)COc2ccc(C(=O)CN3C(=O)COc4ccc(N)nc43)cc21. The Kier molecular flexibility index (Phi) is 3.91. The molecular formula is C18H16N4O5. The van der Waals surface area contributed by atoms with Crippen LogP contribution in [0.25, 0.3) is 0 Å². The minimum absolute atomic E-state index is 0.0387. The van der Waals surface area contributed by atoms with Crippen LogP contribution in [0.15, 0.2) is 30.3 Å². The average molecular weight is 368 g/mol. The predicted molar refractivity (Wildman–Crippen MR) is 96.2 cm³/mol. The van der Waals surface area contributed by atoms with Crippen LogP contribution in [0.4, 0.5) is 17.3 Å². The molecule has 0 atom stereocenters. The lowest BCUT2D eigenvalue weighted by Crippen LogP contribution is -2.42. The number of carbonyl (C=O) groups is 3. The van der Waals surface area contributed by atoms with Crippen molar-refractivity contribution in [3.8, 4) is 11.5 Å². The molecule has 0 fully saturated rings. The minimum Gasteiger partial charge on any atom is -0.482 e. The van der Waals surface area contributed by atoms with Gasteiger partial charge in [0, 0.05) is 12.6 Å². The van der Waals surface area contributed by atoms with Crippen molar-refractivity contribution in [2.75, 3.05) is 42.3 Å². The average Bonchev–Trinajstić information content (AvgIpc) is 2.67. The van der Waals surface area contributed by atoms with E-state index in [0.717, 1.165) is 0 Å².